The van der Waals surface area contributed by atoms with Crippen molar-refractivity contribution in [2.24, 2.45) is 0 Å². The monoisotopic (exact) mass is 1050 g/mol. The zero-order valence-corrected chi connectivity index (χ0v) is 41.1. The number of rotatable bonds is 21. The summed E-state index contributed by atoms with van der Waals surface area (Å²) in [7, 11) is -9.34. The third kappa shape index (κ3) is 14.4. The van der Waals surface area contributed by atoms with E-state index in [2.05, 4.69) is 28.8 Å². The van der Waals surface area contributed by atoms with Gasteiger partial charge in [-0.3, -0.25) is 28.5 Å². The van der Waals surface area contributed by atoms with Crippen molar-refractivity contribution in [1.29, 1.82) is 0 Å². The fraction of sp³-hybridized carbons (Fsp3) is 0.349. The van der Waals surface area contributed by atoms with Gasteiger partial charge in [-0.25, -0.2) is 23.1 Å². The number of aromatic amines is 1. The highest BCUT2D eigenvalue weighted by Gasteiger charge is 2.43. The van der Waals surface area contributed by atoms with E-state index in [9.17, 15) is 57.7 Å². The Morgan fingerprint density at radius 1 is 0.944 bits per heavy atom. The lowest BCUT2D eigenvalue weighted by atomic mass is 9.89. The molecule has 1 aromatic heterocycles. The van der Waals surface area contributed by atoms with Crippen molar-refractivity contribution < 1.29 is 80.2 Å². The van der Waals surface area contributed by atoms with Crippen LogP contribution in [0.4, 0.5) is 5.69 Å². The number of amides is 2. The number of nitrogens with zero attached hydrogens (tertiary/aromatic N) is 3. The number of aliphatic hydroxyl groups is 1. The summed E-state index contributed by atoms with van der Waals surface area (Å²) >= 11 is 0. The number of nitrogens with one attached hydrogen (secondary N) is 3. The van der Waals surface area contributed by atoms with E-state index in [1.54, 1.807) is 12.1 Å². The number of H-pyrrole nitrogens is 1. The molecule has 3 aliphatic rings. The molecule has 2 aliphatic heterocycles. The third-order valence-electron chi connectivity index (χ3n) is 10.9. The highest BCUT2D eigenvalue weighted by atomic mass is 31.3. The molecule has 5 atom stereocenters. The number of anilines is 1. The molecule has 0 saturated carbocycles. The second-order valence-electron chi connectivity index (χ2n) is 16.5. The first kappa shape index (κ1) is 54.4. The van der Waals surface area contributed by atoms with Crippen molar-refractivity contribution in [2.45, 2.75) is 50.5 Å². The van der Waals surface area contributed by atoms with Crippen LogP contribution in [0.15, 0.2) is 80.9 Å². The van der Waals surface area contributed by atoms with Gasteiger partial charge in [0.25, 0.3) is 11.5 Å². The summed E-state index contributed by atoms with van der Waals surface area (Å²) in [5.74, 6) is -1.73. The van der Waals surface area contributed by atoms with E-state index in [1.165, 1.54) is 18.2 Å². The molecule has 1 fully saturated rings. The minimum atomic E-state index is -5.79. The second kappa shape index (κ2) is 22.7. The van der Waals surface area contributed by atoms with Crippen molar-refractivity contribution in [3.63, 3.8) is 0 Å². The molecule has 3 heterocycles. The Morgan fingerprint density at radius 2 is 1.68 bits per heavy atom. The van der Waals surface area contributed by atoms with Gasteiger partial charge in [0.15, 0.2) is 0 Å². The molecular weight excluding hydrogens is 997 g/mol. The molecule has 382 valence electrons. The van der Waals surface area contributed by atoms with Gasteiger partial charge in [0.05, 0.1) is 30.3 Å². The summed E-state index contributed by atoms with van der Waals surface area (Å²) in [5, 5.41) is 30.1. The lowest BCUT2D eigenvalue weighted by Gasteiger charge is -2.20. The van der Waals surface area contributed by atoms with Gasteiger partial charge in [0.2, 0.25) is 11.3 Å². The van der Waals surface area contributed by atoms with Crippen LogP contribution in [0, 0.1) is 0 Å². The van der Waals surface area contributed by atoms with Crippen LogP contribution >= 0.6 is 23.5 Å². The first-order valence-corrected chi connectivity index (χ1v) is 26.1. The number of carbonyl (C=O) groups is 3. The average molecular weight is 1050 g/mol. The molecule has 71 heavy (non-hydrogen) atoms. The normalized spacial score (nSPS) is 17.8. The van der Waals surface area contributed by atoms with Gasteiger partial charge in [-0.15, -0.1) is 0 Å². The first-order chi connectivity index (χ1) is 33.3. The van der Waals surface area contributed by atoms with Crippen LogP contribution in [-0.4, -0.2) is 112 Å². The lowest BCUT2D eigenvalue weighted by Crippen LogP contribution is -2.33. The SMILES string of the molecule is CN(C)c1ccc2c(-c3ccc(C(=O)NCCCCCC(=O)NC/C=C/c4cn(C5C[C@@H](O)C(COP(=O)(O)OP(=O)(O)OP(=O)(O)O)O5)c(=O)[nH]c4=O)cc3C(=O)[O-])c3ccc(=[N+](C)C)cc-3oc2c1. The minimum absolute atomic E-state index is 0.0117. The fourth-order valence-corrected chi connectivity index (χ4v) is 10.5. The van der Waals surface area contributed by atoms with Crippen LogP contribution in [0.25, 0.3) is 39.5 Å². The van der Waals surface area contributed by atoms with E-state index in [0.717, 1.165) is 21.8 Å². The van der Waals surface area contributed by atoms with Crippen molar-refractivity contribution in [2.75, 3.05) is 52.8 Å². The number of carbonyl (C=O) groups excluding carboxylic acids is 3. The average Bonchev–Trinajstić information content (AvgIpc) is 3.65. The van der Waals surface area contributed by atoms with Gasteiger partial charge in [0, 0.05) is 91.7 Å². The zero-order valence-electron chi connectivity index (χ0n) is 38.5. The molecule has 0 radical (unpaired) electrons. The van der Waals surface area contributed by atoms with Crippen LogP contribution in [0.2, 0.25) is 0 Å². The molecule has 2 amide bonds. The number of benzene rings is 3. The van der Waals surface area contributed by atoms with Gasteiger partial charge in [-0.1, -0.05) is 24.6 Å². The minimum Gasteiger partial charge on any atom is -0.545 e. The predicted octanol–water partition coefficient (Wildman–Crippen LogP) is 1.63. The molecule has 6 rings (SSSR count). The Morgan fingerprint density at radius 3 is 2.37 bits per heavy atom. The van der Waals surface area contributed by atoms with Gasteiger partial charge < -0.3 is 59.3 Å². The van der Waals surface area contributed by atoms with E-state index < -0.39 is 71.6 Å². The molecule has 28 heteroatoms. The van der Waals surface area contributed by atoms with Gasteiger partial charge in [-0.2, -0.15) is 8.62 Å². The molecule has 3 aromatic rings. The Kier molecular flexibility index (Phi) is 17.4. The lowest BCUT2D eigenvalue weighted by molar-refractivity contribution is -0.255. The van der Waals surface area contributed by atoms with Crippen LogP contribution in [0.1, 0.15) is 64.6 Å². The van der Waals surface area contributed by atoms with E-state index in [0.29, 0.717) is 52.7 Å². The molecule has 1 saturated heterocycles. The molecule has 4 unspecified atom stereocenters. The van der Waals surface area contributed by atoms with Crippen LogP contribution in [0.5, 0.6) is 0 Å². The number of carboxylic acid groups (broad SMARTS) is 1. The van der Waals surface area contributed by atoms with Crippen LogP contribution in [-0.2, 0) is 36.4 Å². The molecule has 8 N–H and O–H groups in total. The number of hydrogen-bond acceptors (Lipinski definition) is 16. The largest absolute Gasteiger partial charge is 0.545 e. The Hall–Kier alpha value is -5.91. The summed E-state index contributed by atoms with van der Waals surface area (Å²) in [4.78, 5) is 104. The standard InChI is InChI=1S/C43H51N6O19P3/c1-47(2)27-12-15-30-34(20-27)65-35-21-28(48(3)4)13-16-31(35)39(30)29-14-11-25(19-32(29)42(54)55)40(52)45-17-7-5-6-10-37(51)44-18-8-9-26-23-49(43(56)46-41(26)53)38-22-33(50)36(66-38)24-64-70(60,61)68-71(62,63)67-69(57,58)59/h8-9,11-16,19-21,23,33,36,38,50H,5-7,10,17-18,22,24H2,1-4H3,(H7-,44,45,46,51,52,53,54,55,56,57,58,59,60,61,62,63)/b9-8+/t33-,36?,38?/m1/s1. The topological polar surface area (TPSA) is 362 Å². The van der Waals surface area contributed by atoms with Crippen molar-refractivity contribution >= 4 is 64.0 Å². The van der Waals surface area contributed by atoms with E-state index in [4.69, 9.17) is 18.9 Å². The number of phosphoric ester groups is 1. The van der Waals surface area contributed by atoms with Gasteiger partial charge in [0.1, 0.15) is 37.8 Å². The second-order valence-corrected chi connectivity index (χ2v) is 20.9. The van der Waals surface area contributed by atoms with E-state index in [-0.39, 0.29) is 48.5 Å². The maximum absolute atomic E-state index is 13.2. The van der Waals surface area contributed by atoms with Crippen LogP contribution in [0.3, 0.4) is 0 Å². The molecule has 25 nitrogen and oxygen atoms in total. The Labute approximate surface area is 403 Å². The Bertz CT molecular complexity index is 3180. The predicted molar refractivity (Wildman–Crippen MR) is 253 cm³/mol. The highest BCUT2D eigenvalue weighted by molar-refractivity contribution is 7.66. The molecule has 0 spiro atoms. The van der Waals surface area contributed by atoms with Crippen molar-refractivity contribution in [3.05, 3.63) is 110 Å². The Balaban J connectivity index is 0.977. The highest BCUT2D eigenvalue weighted by Crippen LogP contribution is 2.66. The summed E-state index contributed by atoms with van der Waals surface area (Å²) in [5.41, 5.74) is 1.19. The quantitative estimate of drug-likeness (QED) is 0.0224. The maximum atomic E-state index is 13.2. The third-order valence-corrected chi connectivity index (χ3v) is 14.7. The maximum Gasteiger partial charge on any atom is 0.490 e. The number of fused-ring (bicyclic) bond motifs is 2. The molecule has 1 aliphatic carbocycles. The smallest absolute Gasteiger partial charge is 0.490 e. The number of ether oxygens (including phenoxy) is 1. The summed E-state index contributed by atoms with van der Waals surface area (Å²) < 4.78 is 61.0. The number of aromatic nitrogens is 2. The van der Waals surface area contributed by atoms with E-state index in [1.807, 2.05) is 74.1 Å². The summed E-state index contributed by atoms with van der Waals surface area (Å²) in [6.07, 6.45) is 1.06. The number of hydrogen-bond donors (Lipinski definition) is 8. The molecule has 0 bridgehead atoms. The number of aromatic carboxylic acids is 1. The van der Waals surface area contributed by atoms with Crippen LogP contribution < -0.4 is 41.8 Å². The zero-order chi connectivity index (χ0) is 52.0. The number of unbranched alkanes of at least 4 members (excludes halogenated alkanes) is 2. The molecule has 2 aromatic carbocycles. The number of phosphoric acid groups is 3. The number of carboxylic acids is 1. The fourth-order valence-electron chi connectivity index (χ4n) is 7.47. The van der Waals surface area contributed by atoms with Gasteiger partial charge in [-0.05, 0) is 48.7 Å². The van der Waals surface area contributed by atoms with Gasteiger partial charge >= 0.3 is 29.2 Å². The first-order valence-electron chi connectivity index (χ1n) is 21.5. The summed E-state index contributed by atoms with van der Waals surface area (Å²) in [6.45, 7) is -0.746. The van der Waals surface area contributed by atoms with Crippen molar-refractivity contribution in [3.8, 4) is 22.5 Å². The number of aliphatic hydroxyl groups excluding tert-OH is 1. The molecular formula is C43H51N6O19P3. The van der Waals surface area contributed by atoms with Crippen molar-refractivity contribution in [1.82, 2.24) is 24.8 Å². The van der Waals surface area contributed by atoms with E-state index >= 15 is 0 Å². The summed E-state index contributed by atoms with van der Waals surface area (Å²) in [6, 6.07) is 15.7.